The third-order valence-corrected chi connectivity index (χ3v) is 4.35. The van der Waals surface area contributed by atoms with Gasteiger partial charge in [0.15, 0.2) is 5.96 Å². The number of nitrogens with one attached hydrogen (secondary N) is 3. The van der Waals surface area contributed by atoms with E-state index in [4.69, 9.17) is 0 Å². The summed E-state index contributed by atoms with van der Waals surface area (Å²) in [7, 11) is 0. The van der Waals surface area contributed by atoms with Crippen LogP contribution >= 0.6 is 24.0 Å². The Hall–Kier alpha value is -0.530. The van der Waals surface area contributed by atoms with Crippen molar-refractivity contribution in [3.05, 3.63) is 0 Å². The Balaban J connectivity index is 0.00000484. The number of hydrogen-bond acceptors (Lipinski definition) is 2. The fraction of sp³-hybridized carbons (Fsp3) is 0.882. The van der Waals surface area contributed by atoms with Gasteiger partial charge in [0.05, 0.1) is 0 Å². The summed E-state index contributed by atoms with van der Waals surface area (Å²) in [4.78, 5) is 16.0. The molecule has 0 unspecified atom stereocenters. The number of amides is 1. The van der Waals surface area contributed by atoms with Crippen molar-refractivity contribution in [2.75, 3.05) is 19.6 Å². The summed E-state index contributed by atoms with van der Waals surface area (Å²) < 4.78 is 0. The lowest BCUT2D eigenvalue weighted by Gasteiger charge is -2.32. The molecule has 136 valence electrons. The van der Waals surface area contributed by atoms with Gasteiger partial charge < -0.3 is 16.0 Å². The lowest BCUT2D eigenvalue weighted by molar-refractivity contribution is -0.119. The van der Waals surface area contributed by atoms with Crippen molar-refractivity contribution in [3.8, 4) is 0 Å². The average Bonchev–Trinajstić information content (AvgIpc) is 2.51. The Labute approximate surface area is 158 Å². The predicted molar refractivity (Wildman–Crippen MR) is 108 cm³/mol. The van der Waals surface area contributed by atoms with Crippen LogP contribution in [0.25, 0.3) is 0 Å². The highest BCUT2D eigenvalue weighted by molar-refractivity contribution is 14.0. The third-order valence-electron chi connectivity index (χ3n) is 4.35. The first-order valence-corrected chi connectivity index (χ1v) is 8.88. The molecule has 0 aromatic carbocycles. The zero-order chi connectivity index (χ0) is 16.4. The Morgan fingerprint density at radius 2 is 1.78 bits per heavy atom. The molecule has 0 saturated heterocycles. The van der Waals surface area contributed by atoms with Gasteiger partial charge in [-0.15, -0.1) is 24.0 Å². The van der Waals surface area contributed by atoms with Crippen LogP contribution in [0.1, 0.15) is 59.8 Å². The van der Waals surface area contributed by atoms with Crippen molar-refractivity contribution in [1.29, 1.82) is 0 Å². The van der Waals surface area contributed by atoms with Crippen molar-refractivity contribution in [1.82, 2.24) is 16.0 Å². The lowest BCUT2D eigenvalue weighted by atomic mass is 9.80. The van der Waals surface area contributed by atoms with Crippen LogP contribution in [-0.4, -0.2) is 37.5 Å². The van der Waals surface area contributed by atoms with Crippen LogP contribution in [0.4, 0.5) is 0 Å². The van der Waals surface area contributed by atoms with Crippen LogP contribution in [0.3, 0.4) is 0 Å². The maximum Gasteiger partial charge on any atom is 0.241 e. The van der Waals surface area contributed by atoms with Gasteiger partial charge in [-0.05, 0) is 50.9 Å². The van der Waals surface area contributed by atoms with Crippen molar-refractivity contribution in [2.45, 2.75) is 65.8 Å². The molecule has 3 N–H and O–H groups in total. The van der Waals surface area contributed by atoms with E-state index in [9.17, 15) is 4.79 Å². The molecule has 1 amide bonds. The van der Waals surface area contributed by atoms with Crippen LogP contribution in [-0.2, 0) is 4.79 Å². The largest absolute Gasteiger partial charge is 0.357 e. The van der Waals surface area contributed by atoms with E-state index >= 15 is 0 Å². The molecule has 0 heterocycles. The van der Waals surface area contributed by atoms with E-state index in [1.54, 1.807) is 0 Å². The zero-order valence-corrected chi connectivity index (χ0v) is 17.5. The van der Waals surface area contributed by atoms with Crippen molar-refractivity contribution in [2.24, 2.45) is 16.8 Å². The molecule has 1 aliphatic rings. The molecular formula is C17H35IN4O. The van der Waals surface area contributed by atoms with Crippen molar-refractivity contribution < 1.29 is 4.79 Å². The molecule has 0 spiro atoms. The Morgan fingerprint density at radius 1 is 1.13 bits per heavy atom. The highest BCUT2D eigenvalue weighted by Crippen LogP contribution is 2.29. The first-order chi connectivity index (χ1) is 10.6. The highest BCUT2D eigenvalue weighted by atomic mass is 127. The maximum atomic E-state index is 11.6. The van der Waals surface area contributed by atoms with Crippen LogP contribution in [0, 0.1) is 11.8 Å². The summed E-state index contributed by atoms with van der Waals surface area (Å²) in [6, 6.07) is 0.478. The van der Waals surface area contributed by atoms with Gasteiger partial charge in [-0.1, -0.05) is 20.8 Å². The van der Waals surface area contributed by atoms with Gasteiger partial charge in [0.2, 0.25) is 5.91 Å². The molecule has 0 atom stereocenters. The van der Waals surface area contributed by atoms with Gasteiger partial charge in [0.1, 0.15) is 6.54 Å². The minimum Gasteiger partial charge on any atom is -0.357 e. The Morgan fingerprint density at radius 3 is 2.30 bits per heavy atom. The first kappa shape index (κ1) is 22.5. The summed E-state index contributed by atoms with van der Waals surface area (Å²) in [5.74, 6) is 2.40. The number of aliphatic imine (C=N–C) groups is 1. The second kappa shape index (κ2) is 12.8. The normalized spacial score (nSPS) is 21.5. The fourth-order valence-electron chi connectivity index (χ4n) is 2.91. The minimum atomic E-state index is -0.0115. The first-order valence-electron chi connectivity index (χ1n) is 8.88. The fourth-order valence-corrected chi connectivity index (χ4v) is 2.91. The van der Waals surface area contributed by atoms with Crippen molar-refractivity contribution in [3.63, 3.8) is 0 Å². The van der Waals surface area contributed by atoms with Crippen LogP contribution < -0.4 is 16.0 Å². The summed E-state index contributed by atoms with van der Waals surface area (Å²) in [5.41, 5.74) is 0. The molecule has 1 fully saturated rings. The second-order valence-corrected chi connectivity index (χ2v) is 6.55. The highest BCUT2D eigenvalue weighted by Gasteiger charge is 2.23. The Kier molecular flexibility index (Phi) is 12.5. The van der Waals surface area contributed by atoms with Gasteiger partial charge in [-0.2, -0.15) is 0 Å². The zero-order valence-electron chi connectivity index (χ0n) is 15.2. The topological polar surface area (TPSA) is 65.5 Å². The lowest BCUT2D eigenvalue weighted by Crippen LogP contribution is -2.45. The molecule has 1 rings (SSSR count). The molecule has 0 aromatic heterocycles. The van der Waals surface area contributed by atoms with Crippen LogP contribution in [0.15, 0.2) is 4.99 Å². The monoisotopic (exact) mass is 438 g/mol. The number of halogens is 1. The van der Waals surface area contributed by atoms with Crippen molar-refractivity contribution >= 4 is 35.8 Å². The van der Waals surface area contributed by atoms with E-state index in [2.05, 4.69) is 34.8 Å². The average molecular weight is 438 g/mol. The number of carbonyl (C=O) groups is 1. The molecule has 1 saturated carbocycles. The molecule has 0 aliphatic heterocycles. The number of nitrogens with zero attached hydrogens (tertiary/aromatic N) is 1. The standard InChI is InChI=1S/C17H34N4O.HI/c1-5-11-19-16(22)12-20-17(18-6-2)21-15-9-7-14(8-10-15)13(3)4;/h13-15H,5-12H2,1-4H3,(H,19,22)(H2,18,20,21);1H. The third kappa shape index (κ3) is 9.37. The van der Waals surface area contributed by atoms with E-state index < -0.39 is 0 Å². The maximum absolute atomic E-state index is 11.6. The van der Waals surface area contributed by atoms with Gasteiger partial charge in [0, 0.05) is 19.1 Å². The molecular weight excluding hydrogens is 403 g/mol. The number of carbonyl (C=O) groups excluding carboxylic acids is 1. The summed E-state index contributed by atoms with van der Waals surface area (Å²) in [6.07, 6.45) is 5.90. The van der Waals surface area contributed by atoms with Gasteiger partial charge >= 0.3 is 0 Å². The molecule has 5 nitrogen and oxygen atoms in total. The van der Waals surface area contributed by atoms with Gasteiger partial charge in [0.25, 0.3) is 0 Å². The summed E-state index contributed by atoms with van der Waals surface area (Å²) >= 11 is 0. The number of guanidine groups is 1. The van der Waals surface area contributed by atoms with E-state index in [1.807, 2.05) is 13.8 Å². The van der Waals surface area contributed by atoms with Crippen LogP contribution in [0.2, 0.25) is 0 Å². The van der Waals surface area contributed by atoms with E-state index in [1.165, 1.54) is 25.7 Å². The molecule has 23 heavy (non-hydrogen) atoms. The van der Waals surface area contributed by atoms with E-state index in [0.29, 0.717) is 6.04 Å². The molecule has 1 aliphatic carbocycles. The molecule has 0 aromatic rings. The minimum absolute atomic E-state index is 0. The number of rotatable bonds is 7. The van der Waals surface area contributed by atoms with E-state index in [-0.39, 0.29) is 36.4 Å². The van der Waals surface area contributed by atoms with Crippen LogP contribution in [0.5, 0.6) is 0 Å². The summed E-state index contributed by atoms with van der Waals surface area (Å²) in [6.45, 7) is 10.4. The predicted octanol–water partition coefficient (Wildman–Crippen LogP) is 2.90. The second-order valence-electron chi connectivity index (χ2n) is 6.55. The molecule has 0 bridgehead atoms. The SMILES string of the molecule is CCCNC(=O)CN=C(NCC)NC1CCC(C(C)C)CC1.I. The smallest absolute Gasteiger partial charge is 0.241 e. The van der Waals surface area contributed by atoms with E-state index in [0.717, 1.165) is 37.3 Å². The number of hydrogen-bond donors (Lipinski definition) is 3. The molecule has 0 radical (unpaired) electrons. The van der Waals surface area contributed by atoms with Gasteiger partial charge in [-0.3, -0.25) is 4.79 Å². The van der Waals surface area contributed by atoms with Gasteiger partial charge in [-0.25, -0.2) is 4.99 Å². The Bertz CT molecular complexity index is 353. The quantitative estimate of drug-likeness (QED) is 0.325. The summed E-state index contributed by atoms with van der Waals surface area (Å²) in [5, 5.41) is 9.57. The molecule has 6 heteroatoms.